The Kier molecular flexibility index (Phi) is 7.60. The van der Waals surface area contributed by atoms with Gasteiger partial charge in [-0.05, 0) is 70.6 Å². The summed E-state index contributed by atoms with van der Waals surface area (Å²) in [4.78, 5) is 21.8. The number of aryl methyl sites for hydroxylation is 1. The van der Waals surface area contributed by atoms with Crippen molar-refractivity contribution in [1.29, 1.82) is 0 Å². The average molecular weight is 541 g/mol. The van der Waals surface area contributed by atoms with Crippen molar-refractivity contribution in [3.63, 3.8) is 0 Å². The van der Waals surface area contributed by atoms with Crippen molar-refractivity contribution in [2.75, 3.05) is 18.9 Å². The van der Waals surface area contributed by atoms with Crippen LogP contribution in [0.5, 0.6) is 5.75 Å². The number of hydrogen-bond donors (Lipinski definition) is 3. The normalized spacial score (nSPS) is 20.0. The number of carbonyl (C=O) groups is 1. The molecule has 3 aromatic rings. The molecule has 0 saturated carbocycles. The second-order valence-corrected chi connectivity index (χ2v) is 11.5. The van der Waals surface area contributed by atoms with Gasteiger partial charge >= 0.3 is 6.09 Å². The third-order valence-electron chi connectivity index (χ3n) is 7.43. The molecule has 1 aliphatic rings. The summed E-state index contributed by atoms with van der Waals surface area (Å²) in [6.07, 6.45) is 4.06. The maximum absolute atomic E-state index is 12.6. The molecule has 12 heteroatoms. The number of hydrogen-bond acceptors (Lipinski definition) is 9. The lowest BCUT2D eigenvalue weighted by molar-refractivity contribution is -0.931. The molecule has 2 atom stereocenters. The molecule has 210 valence electrons. The number of aliphatic hydroxyl groups is 1. The van der Waals surface area contributed by atoms with E-state index in [2.05, 4.69) is 27.1 Å². The van der Waals surface area contributed by atoms with Crippen molar-refractivity contribution in [3.05, 3.63) is 11.9 Å². The largest absolute Gasteiger partial charge is 0.514 e. The minimum atomic E-state index is -1.22. The Morgan fingerprint density at radius 3 is 2.62 bits per heavy atom. The summed E-state index contributed by atoms with van der Waals surface area (Å²) in [5.74, 6) is 6.72. The third kappa shape index (κ3) is 5.29. The standard InChI is InChI=1S/C27H37N7O5/c1-7-33-22-19(38-15-12-17-10-8-9-14-34(17,25(35)36)26(2,3)4)16-29-18(11-13-27(5,6)37)20(22)30-24(33)21-23(28)32-39-31-21/h16-17,37H,7-10,12,14-15H2,1-6H3,(H2-,28,32,35,36)/p+1/t17-,34?/m0/s1. The van der Waals surface area contributed by atoms with E-state index in [0.717, 1.165) is 19.3 Å². The number of imidazole rings is 1. The lowest BCUT2D eigenvalue weighted by atomic mass is 9.88. The molecule has 0 aromatic carbocycles. The molecule has 4 N–H and O–H groups in total. The molecule has 0 bridgehead atoms. The number of fused-ring (bicyclic) bond motifs is 1. The van der Waals surface area contributed by atoms with Crippen molar-refractivity contribution >= 4 is 22.9 Å². The molecule has 1 aliphatic heterocycles. The number of nitrogens with zero attached hydrogens (tertiary/aromatic N) is 6. The summed E-state index contributed by atoms with van der Waals surface area (Å²) in [6, 6.07) is -0.0794. The van der Waals surface area contributed by atoms with Gasteiger partial charge in [-0.2, -0.15) is 4.79 Å². The van der Waals surface area contributed by atoms with Gasteiger partial charge in [-0.3, -0.25) is 0 Å². The number of quaternary nitrogens is 1. The quantitative estimate of drug-likeness (QED) is 0.309. The van der Waals surface area contributed by atoms with E-state index in [0.29, 0.717) is 54.4 Å². The highest BCUT2D eigenvalue weighted by Gasteiger charge is 2.54. The van der Waals surface area contributed by atoms with Gasteiger partial charge in [0.15, 0.2) is 23.1 Å². The smallest absolute Gasteiger partial charge is 0.489 e. The molecule has 1 fully saturated rings. The molecule has 0 spiro atoms. The first-order valence-corrected chi connectivity index (χ1v) is 13.3. The summed E-state index contributed by atoms with van der Waals surface area (Å²) in [7, 11) is 0. The lowest BCUT2D eigenvalue weighted by Crippen LogP contribution is -2.70. The fourth-order valence-corrected chi connectivity index (χ4v) is 5.60. The molecule has 0 aliphatic carbocycles. The highest BCUT2D eigenvalue weighted by Crippen LogP contribution is 2.38. The van der Waals surface area contributed by atoms with E-state index in [1.807, 2.05) is 32.3 Å². The number of anilines is 1. The molecule has 3 aromatic heterocycles. The zero-order valence-electron chi connectivity index (χ0n) is 23.5. The highest BCUT2D eigenvalue weighted by molar-refractivity contribution is 5.89. The van der Waals surface area contributed by atoms with Crippen molar-refractivity contribution in [3.8, 4) is 29.1 Å². The van der Waals surface area contributed by atoms with E-state index in [-0.39, 0.29) is 22.0 Å². The van der Waals surface area contributed by atoms with Crippen LogP contribution < -0.4 is 10.5 Å². The molecular formula is C27H38N7O5+. The van der Waals surface area contributed by atoms with Crippen LogP contribution in [0.25, 0.3) is 22.6 Å². The zero-order valence-corrected chi connectivity index (χ0v) is 23.5. The van der Waals surface area contributed by atoms with E-state index in [9.17, 15) is 15.0 Å². The van der Waals surface area contributed by atoms with Crippen LogP contribution in [0.2, 0.25) is 0 Å². The predicted octanol–water partition coefficient (Wildman–Crippen LogP) is 3.82. The van der Waals surface area contributed by atoms with Crippen LogP contribution in [0, 0.1) is 11.8 Å². The topological polar surface area (TPSA) is 162 Å². The number of nitrogens with two attached hydrogens (primary N) is 1. The summed E-state index contributed by atoms with van der Waals surface area (Å²) in [5, 5.41) is 28.1. The van der Waals surface area contributed by atoms with Gasteiger partial charge in [-0.15, -0.1) is 0 Å². The summed E-state index contributed by atoms with van der Waals surface area (Å²) < 4.78 is 13.0. The van der Waals surface area contributed by atoms with Gasteiger partial charge in [-0.1, -0.05) is 5.92 Å². The third-order valence-corrected chi connectivity index (χ3v) is 7.43. The second kappa shape index (κ2) is 10.5. The van der Waals surface area contributed by atoms with Gasteiger partial charge in [0.25, 0.3) is 0 Å². The van der Waals surface area contributed by atoms with Gasteiger partial charge < -0.3 is 25.3 Å². The number of rotatable bonds is 6. The van der Waals surface area contributed by atoms with Gasteiger partial charge in [0, 0.05) is 19.4 Å². The Morgan fingerprint density at radius 2 is 2.03 bits per heavy atom. The van der Waals surface area contributed by atoms with Gasteiger partial charge in [-0.25, -0.2) is 19.1 Å². The Balaban J connectivity index is 1.73. The number of carboxylic acid groups (broad SMARTS) is 1. The second-order valence-electron chi connectivity index (χ2n) is 11.5. The molecular weight excluding hydrogens is 502 g/mol. The Labute approximate surface area is 227 Å². The molecule has 39 heavy (non-hydrogen) atoms. The molecule has 12 nitrogen and oxygen atoms in total. The molecule has 1 amide bonds. The number of ether oxygens (including phenoxy) is 1. The molecule has 0 radical (unpaired) electrons. The van der Waals surface area contributed by atoms with Gasteiger partial charge in [0.05, 0.1) is 19.3 Å². The van der Waals surface area contributed by atoms with Gasteiger partial charge in [0.1, 0.15) is 33.9 Å². The number of aromatic nitrogens is 5. The van der Waals surface area contributed by atoms with Crippen LogP contribution in [-0.2, 0) is 6.54 Å². The van der Waals surface area contributed by atoms with E-state index < -0.39 is 17.2 Å². The minimum Gasteiger partial charge on any atom is -0.489 e. The van der Waals surface area contributed by atoms with Crippen molar-refractivity contribution in [1.82, 2.24) is 24.8 Å². The molecule has 4 rings (SSSR count). The van der Waals surface area contributed by atoms with Crippen LogP contribution in [0.1, 0.15) is 72.9 Å². The SMILES string of the molecule is CCn1c(-c2nonc2N)nc2c(C#CC(C)(C)O)ncc(OCC[C@@H]3CCCC[N+]3(C(=O)O)C(C)(C)C)c21. The molecule has 1 saturated heterocycles. The Bertz CT molecular complexity index is 1420. The number of amides is 1. The number of piperidine rings is 1. The Morgan fingerprint density at radius 1 is 1.28 bits per heavy atom. The molecule has 1 unspecified atom stereocenters. The van der Waals surface area contributed by atoms with Crippen molar-refractivity contribution in [2.24, 2.45) is 0 Å². The number of likely N-dealkylation sites (tertiary alicyclic amines) is 1. The summed E-state index contributed by atoms with van der Waals surface area (Å²) in [6.45, 7) is 12.5. The summed E-state index contributed by atoms with van der Waals surface area (Å²) in [5.41, 5.74) is 6.07. The van der Waals surface area contributed by atoms with E-state index >= 15 is 0 Å². The van der Waals surface area contributed by atoms with Crippen molar-refractivity contribution < 1.29 is 28.9 Å². The maximum Gasteiger partial charge on any atom is 0.514 e. The van der Waals surface area contributed by atoms with Crippen LogP contribution in [0.3, 0.4) is 0 Å². The first kappa shape index (κ1) is 28.3. The van der Waals surface area contributed by atoms with E-state index in [1.54, 1.807) is 20.0 Å². The van der Waals surface area contributed by atoms with Crippen LogP contribution >= 0.6 is 0 Å². The van der Waals surface area contributed by atoms with Gasteiger partial charge in [0.2, 0.25) is 0 Å². The summed E-state index contributed by atoms with van der Waals surface area (Å²) >= 11 is 0. The number of pyridine rings is 1. The highest BCUT2D eigenvalue weighted by atomic mass is 16.6. The van der Waals surface area contributed by atoms with Crippen LogP contribution in [0.15, 0.2) is 10.8 Å². The fraction of sp³-hybridized carbons (Fsp3) is 0.593. The number of nitrogen functional groups attached to an aromatic ring is 1. The minimum absolute atomic E-state index is 0.0188. The Hall–Kier alpha value is -3.69. The predicted molar refractivity (Wildman–Crippen MR) is 145 cm³/mol. The lowest BCUT2D eigenvalue weighted by Gasteiger charge is -2.51. The van der Waals surface area contributed by atoms with Crippen LogP contribution in [0.4, 0.5) is 10.6 Å². The monoisotopic (exact) mass is 540 g/mol. The van der Waals surface area contributed by atoms with E-state index in [1.165, 1.54) is 0 Å². The molecule has 4 heterocycles. The average Bonchev–Trinajstić information content (AvgIpc) is 3.45. The van der Waals surface area contributed by atoms with E-state index in [4.69, 9.17) is 20.1 Å². The van der Waals surface area contributed by atoms with Crippen molar-refractivity contribution in [2.45, 2.75) is 91.0 Å². The first-order chi connectivity index (χ1) is 18.3. The van der Waals surface area contributed by atoms with Crippen LogP contribution in [-0.4, -0.2) is 76.0 Å². The first-order valence-electron chi connectivity index (χ1n) is 13.3. The zero-order chi connectivity index (χ0) is 28.6. The fourth-order valence-electron chi connectivity index (χ4n) is 5.60. The maximum atomic E-state index is 12.6.